The molecule has 0 atom stereocenters. The molecule has 234 valence electrons. The summed E-state index contributed by atoms with van der Waals surface area (Å²) >= 11 is 0. The van der Waals surface area contributed by atoms with Gasteiger partial charge in [0.2, 0.25) is 11.7 Å². The van der Waals surface area contributed by atoms with Crippen LogP contribution < -0.4 is 30.2 Å². The van der Waals surface area contributed by atoms with Crippen LogP contribution in [0.2, 0.25) is 0 Å². The number of hydrogen-bond donors (Lipinski definition) is 2. The molecule has 1 aromatic heterocycles. The molecule has 0 aliphatic heterocycles. The van der Waals surface area contributed by atoms with Crippen molar-refractivity contribution >= 4 is 34.1 Å². The summed E-state index contributed by atoms with van der Waals surface area (Å²) in [5.74, 6) is -0.0999. The first kappa shape index (κ1) is 32.1. The summed E-state index contributed by atoms with van der Waals surface area (Å²) in [5, 5.41) is 3.38. The summed E-state index contributed by atoms with van der Waals surface area (Å²) in [6.07, 6.45) is -2.28. The number of aromatic nitrogens is 2. The van der Waals surface area contributed by atoms with Gasteiger partial charge < -0.3 is 35.1 Å². The monoisotopic (exact) mass is 612 g/mol. The molecular formula is C31H35F3N6O4. The number of nitrogen functional groups attached to an aromatic ring is 1. The third kappa shape index (κ3) is 6.88. The average Bonchev–Trinajstić information content (AvgIpc) is 2.98. The number of methoxy groups -OCH3 is 3. The number of carbonyl (C=O) groups excluding carboxylic acids is 1. The number of anilines is 3. The summed E-state index contributed by atoms with van der Waals surface area (Å²) in [5.41, 5.74) is 7.00. The van der Waals surface area contributed by atoms with Crippen molar-refractivity contribution in [1.82, 2.24) is 14.9 Å². The van der Waals surface area contributed by atoms with E-state index in [4.69, 9.17) is 19.9 Å². The van der Waals surface area contributed by atoms with Crippen molar-refractivity contribution in [3.63, 3.8) is 0 Å². The number of carbonyl (C=O) groups is 1. The Morgan fingerprint density at radius 2 is 1.64 bits per heavy atom. The molecule has 0 fully saturated rings. The number of amides is 1. The summed E-state index contributed by atoms with van der Waals surface area (Å²) < 4.78 is 58.1. The number of nitrogens with two attached hydrogens (primary N) is 1. The minimum Gasteiger partial charge on any atom is -0.492 e. The second-order valence-electron chi connectivity index (χ2n) is 10.3. The molecular weight excluding hydrogens is 577 g/mol. The van der Waals surface area contributed by atoms with E-state index >= 15 is 0 Å². The topological polar surface area (TPSA) is 115 Å². The number of halogens is 3. The molecule has 0 unspecified atom stereocenters. The van der Waals surface area contributed by atoms with E-state index in [-0.39, 0.29) is 34.4 Å². The van der Waals surface area contributed by atoms with Crippen molar-refractivity contribution in [2.24, 2.45) is 0 Å². The highest BCUT2D eigenvalue weighted by atomic mass is 19.4. The zero-order valence-electron chi connectivity index (χ0n) is 25.4. The van der Waals surface area contributed by atoms with E-state index in [1.165, 1.54) is 27.4 Å². The van der Waals surface area contributed by atoms with Gasteiger partial charge in [0.25, 0.3) is 5.91 Å². The van der Waals surface area contributed by atoms with E-state index in [1.807, 2.05) is 19.0 Å². The van der Waals surface area contributed by atoms with Gasteiger partial charge in [-0.25, -0.2) is 9.97 Å². The Balaban J connectivity index is 1.82. The molecule has 44 heavy (non-hydrogen) atoms. The van der Waals surface area contributed by atoms with Crippen LogP contribution in [0.4, 0.5) is 30.5 Å². The van der Waals surface area contributed by atoms with Gasteiger partial charge >= 0.3 is 6.18 Å². The maximum absolute atomic E-state index is 13.9. The van der Waals surface area contributed by atoms with Gasteiger partial charge in [-0.1, -0.05) is 6.07 Å². The molecule has 4 rings (SSSR count). The second kappa shape index (κ2) is 13.2. The van der Waals surface area contributed by atoms with Gasteiger partial charge in [0.1, 0.15) is 0 Å². The van der Waals surface area contributed by atoms with Gasteiger partial charge in [0.15, 0.2) is 11.5 Å². The first-order valence-electron chi connectivity index (χ1n) is 13.6. The highest BCUT2D eigenvalue weighted by Crippen LogP contribution is 2.47. The molecule has 10 nitrogen and oxygen atoms in total. The van der Waals surface area contributed by atoms with Gasteiger partial charge in [-0.05, 0) is 69.0 Å². The van der Waals surface area contributed by atoms with Crippen LogP contribution in [0.15, 0.2) is 48.7 Å². The Bertz CT molecular complexity index is 1660. The van der Waals surface area contributed by atoms with E-state index in [2.05, 4.69) is 15.3 Å². The van der Waals surface area contributed by atoms with Crippen LogP contribution in [0.25, 0.3) is 22.0 Å². The minimum atomic E-state index is -4.61. The van der Waals surface area contributed by atoms with Crippen molar-refractivity contribution < 1.29 is 32.2 Å². The standard InChI is InChI=1S/C31H35F3N6O4/c1-39(2)12-7-13-40(3)25-11-9-20(31(32,33)34)15-24(25)37-29(41)22-16-21(26(42-4)28(44-6)27(22)43-5)18-8-10-23-19(14-18)17-36-30(35)38-23/h8-11,14-17H,7,12-13H2,1-6H3,(H,37,41)(H2,35,36,38). The van der Waals surface area contributed by atoms with Crippen molar-refractivity contribution in [2.45, 2.75) is 12.6 Å². The molecule has 4 aromatic rings. The average molecular weight is 613 g/mol. The lowest BCUT2D eigenvalue weighted by Gasteiger charge is -2.25. The number of alkyl halides is 3. The Kier molecular flexibility index (Phi) is 9.68. The Morgan fingerprint density at radius 3 is 2.27 bits per heavy atom. The van der Waals surface area contributed by atoms with Crippen LogP contribution in [0.5, 0.6) is 17.2 Å². The molecule has 0 radical (unpaired) electrons. The predicted octanol–water partition coefficient (Wildman–Crippen LogP) is 5.56. The fourth-order valence-corrected chi connectivity index (χ4v) is 4.89. The summed E-state index contributed by atoms with van der Waals surface area (Å²) in [7, 11) is 9.86. The van der Waals surface area contributed by atoms with Crippen LogP contribution in [0, 0.1) is 0 Å². The Hall–Kier alpha value is -4.78. The third-order valence-electron chi connectivity index (χ3n) is 7.04. The third-order valence-corrected chi connectivity index (χ3v) is 7.04. The zero-order valence-corrected chi connectivity index (χ0v) is 25.4. The number of hydrogen-bond acceptors (Lipinski definition) is 9. The highest BCUT2D eigenvalue weighted by molar-refractivity contribution is 6.10. The van der Waals surface area contributed by atoms with Crippen molar-refractivity contribution in [2.75, 3.05) is 71.5 Å². The van der Waals surface area contributed by atoms with Crippen LogP contribution in [-0.4, -0.2) is 76.3 Å². The molecule has 0 bridgehead atoms. The largest absolute Gasteiger partial charge is 0.492 e. The van der Waals surface area contributed by atoms with Gasteiger partial charge in [0.05, 0.1) is 49.3 Å². The van der Waals surface area contributed by atoms with Crippen molar-refractivity contribution in [3.05, 3.63) is 59.8 Å². The molecule has 0 aliphatic rings. The molecule has 1 amide bonds. The number of benzene rings is 3. The normalized spacial score (nSPS) is 11.5. The summed E-state index contributed by atoms with van der Waals surface area (Å²) in [4.78, 5) is 26.0. The summed E-state index contributed by atoms with van der Waals surface area (Å²) in [6.45, 7) is 1.33. The van der Waals surface area contributed by atoms with Gasteiger partial charge in [-0.3, -0.25) is 4.79 Å². The molecule has 3 N–H and O–H groups in total. The van der Waals surface area contributed by atoms with Crippen LogP contribution in [-0.2, 0) is 6.18 Å². The first-order chi connectivity index (χ1) is 20.9. The molecule has 0 saturated carbocycles. The quantitative estimate of drug-likeness (QED) is 0.225. The molecule has 0 aliphatic carbocycles. The van der Waals surface area contributed by atoms with Crippen molar-refractivity contribution in [3.8, 4) is 28.4 Å². The van der Waals surface area contributed by atoms with Gasteiger partial charge in [0, 0.05) is 30.7 Å². The smallest absolute Gasteiger partial charge is 0.416 e. The maximum atomic E-state index is 13.9. The Morgan fingerprint density at radius 1 is 0.932 bits per heavy atom. The zero-order chi connectivity index (χ0) is 32.2. The minimum absolute atomic E-state index is 0.00370. The van der Waals surface area contributed by atoms with E-state index in [0.717, 1.165) is 25.1 Å². The van der Waals surface area contributed by atoms with Gasteiger partial charge in [-0.15, -0.1) is 0 Å². The molecule has 0 spiro atoms. The lowest BCUT2D eigenvalue weighted by Crippen LogP contribution is -2.25. The molecule has 1 heterocycles. The Labute approximate surface area is 253 Å². The fraction of sp³-hybridized carbons (Fsp3) is 0.323. The van der Waals surface area contributed by atoms with Crippen LogP contribution >= 0.6 is 0 Å². The lowest BCUT2D eigenvalue weighted by atomic mass is 9.98. The number of fused-ring (bicyclic) bond motifs is 1. The lowest BCUT2D eigenvalue weighted by molar-refractivity contribution is -0.137. The molecule has 0 saturated heterocycles. The first-order valence-corrected chi connectivity index (χ1v) is 13.6. The number of ether oxygens (including phenoxy) is 3. The van der Waals surface area contributed by atoms with Gasteiger partial charge in [-0.2, -0.15) is 13.2 Å². The van der Waals surface area contributed by atoms with E-state index in [1.54, 1.807) is 42.4 Å². The number of nitrogens with one attached hydrogen (secondary N) is 1. The van der Waals surface area contributed by atoms with Crippen molar-refractivity contribution in [1.29, 1.82) is 0 Å². The number of nitrogens with zero attached hydrogens (tertiary/aromatic N) is 4. The van der Waals surface area contributed by atoms with Crippen LogP contribution in [0.3, 0.4) is 0 Å². The van der Waals surface area contributed by atoms with E-state index < -0.39 is 17.6 Å². The van der Waals surface area contributed by atoms with Crippen LogP contribution in [0.1, 0.15) is 22.3 Å². The highest BCUT2D eigenvalue weighted by Gasteiger charge is 2.32. The second-order valence-corrected chi connectivity index (χ2v) is 10.3. The fourth-order valence-electron chi connectivity index (χ4n) is 4.89. The SMILES string of the molecule is COc1c(C(=O)Nc2cc(C(F)(F)F)ccc2N(C)CCCN(C)C)cc(-c2ccc3nc(N)ncc3c2)c(OC)c1OC. The predicted molar refractivity (Wildman–Crippen MR) is 165 cm³/mol. The summed E-state index contributed by atoms with van der Waals surface area (Å²) in [6, 6.07) is 10.2. The van der Waals surface area contributed by atoms with E-state index in [9.17, 15) is 18.0 Å². The maximum Gasteiger partial charge on any atom is 0.416 e. The molecule has 13 heteroatoms. The molecule has 3 aromatic carbocycles. The number of rotatable bonds is 11. The van der Waals surface area contributed by atoms with E-state index in [0.29, 0.717) is 34.3 Å².